The number of hydrogen-bond donors (Lipinski definition) is 1. The largest absolute Gasteiger partial charge is 0.549 e. The molecule has 1 unspecified atom stereocenters. The molecular weight excluding hydrogens is 418 g/mol. The molecule has 1 rings (SSSR count). The summed E-state index contributed by atoms with van der Waals surface area (Å²) in [4.78, 5) is 48.1. The van der Waals surface area contributed by atoms with Gasteiger partial charge in [-0.15, -0.1) is 0 Å². The molecule has 1 amide bonds. The van der Waals surface area contributed by atoms with Crippen molar-refractivity contribution < 1.29 is 34.5 Å². The Labute approximate surface area is 187 Å². The predicted molar refractivity (Wildman–Crippen MR) is 111 cm³/mol. The second-order valence-electron chi connectivity index (χ2n) is 7.61. The minimum atomic E-state index is -1.45. The van der Waals surface area contributed by atoms with Gasteiger partial charge in [0.25, 0.3) is 0 Å². The number of nitrogens with zero attached hydrogens (tertiary/aromatic N) is 2. The van der Waals surface area contributed by atoms with Crippen LogP contribution in [0.1, 0.15) is 38.7 Å². The van der Waals surface area contributed by atoms with Crippen LogP contribution in [0.15, 0.2) is 24.3 Å². The Bertz CT molecular complexity index is 751. The number of carboxylic acids is 3. The molecule has 0 heterocycles. The molecule has 0 spiro atoms. The van der Waals surface area contributed by atoms with E-state index in [2.05, 4.69) is 5.32 Å². The molecule has 0 fully saturated rings. The fraction of sp³-hybridized carbons (Fsp3) is 0.545. The Balaban J connectivity index is 3.09. The SMILES string of the molecule is CCCC(=O)Nc1ccc(CC(CN(CCC)CC(=O)[O-])N(CC(=O)[O-])CC(=O)[O-])cc1. The lowest BCUT2D eigenvalue weighted by molar-refractivity contribution is -0.312. The quantitative estimate of drug-likeness (QED) is 0.291. The van der Waals surface area contributed by atoms with Crippen molar-refractivity contribution in [1.82, 2.24) is 9.80 Å². The third-order valence-corrected chi connectivity index (χ3v) is 4.73. The van der Waals surface area contributed by atoms with Crippen LogP contribution in [0.4, 0.5) is 5.69 Å². The second-order valence-corrected chi connectivity index (χ2v) is 7.61. The lowest BCUT2D eigenvalue weighted by Crippen LogP contribution is -2.54. The number of carbonyl (C=O) groups excluding carboxylic acids is 4. The van der Waals surface area contributed by atoms with Crippen LogP contribution in [0.25, 0.3) is 0 Å². The zero-order valence-corrected chi connectivity index (χ0v) is 18.5. The first-order valence-corrected chi connectivity index (χ1v) is 10.6. The topological polar surface area (TPSA) is 156 Å². The molecule has 1 aromatic carbocycles. The first-order valence-electron chi connectivity index (χ1n) is 10.6. The molecule has 10 heteroatoms. The summed E-state index contributed by atoms with van der Waals surface area (Å²) in [7, 11) is 0. The number of carbonyl (C=O) groups is 4. The van der Waals surface area contributed by atoms with E-state index in [-0.39, 0.29) is 25.4 Å². The van der Waals surface area contributed by atoms with E-state index in [1.54, 1.807) is 29.2 Å². The van der Waals surface area contributed by atoms with E-state index in [0.29, 0.717) is 25.1 Å². The molecular formula is C22H30N3O7-3. The van der Waals surface area contributed by atoms with E-state index in [1.807, 2.05) is 13.8 Å². The van der Waals surface area contributed by atoms with Crippen molar-refractivity contribution >= 4 is 29.5 Å². The van der Waals surface area contributed by atoms with Gasteiger partial charge in [-0.25, -0.2) is 0 Å². The van der Waals surface area contributed by atoms with E-state index < -0.39 is 37.0 Å². The number of hydrogen-bond acceptors (Lipinski definition) is 9. The maximum atomic E-state index is 11.7. The Kier molecular flexibility index (Phi) is 12.0. The van der Waals surface area contributed by atoms with Gasteiger partial charge in [-0.3, -0.25) is 14.6 Å². The molecule has 0 radical (unpaired) electrons. The normalized spacial score (nSPS) is 12.0. The number of carboxylic acid groups (broad SMARTS) is 3. The highest BCUT2D eigenvalue weighted by atomic mass is 16.4. The Morgan fingerprint density at radius 1 is 0.875 bits per heavy atom. The summed E-state index contributed by atoms with van der Waals surface area (Å²) >= 11 is 0. The van der Waals surface area contributed by atoms with Crippen molar-refractivity contribution in [1.29, 1.82) is 0 Å². The summed E-state index contributed by atoms with van der Waals surface area (Å²) in [5.74, 6) is -4.29. The molecule has 0 bridgehead atoms. The molecule has 1 aromatic rings. The fourth-order valence-corrected chi connectivity index (χ4v) is 3.43. The van der Waals surface area contributed by atoms with Gasteiger partial charge in [0.15, 0.2) is 0 Å². The van der Waals surface area contributed by atoms with Gasteiger partial charge < -0.3 is 35.0 Å². The zero-order valence-electron chi connectivity index (χ0n) is 18.5. The van der Waals surface area contributed by atoms with Gasteiger partial charge in [0.2, 0.25) is 5.91 Å². The van der Waals surface area contributed by atoms with Crippen LogP contribution in [-0.2, 0) is 25.6 Å². The van der Waals surface area contributed by atoms with Crippen LogP contribution in [0, 0.1) is 0 Å². The average Bonchev–Trinajstić information content (AvgIpc) is 2.67. The highest BCUT2D eigenvalue weighted by molar-refractivity contribution is 5.90. The number of nitrogens with one attached hydrogen (secondary N) is 1. The van der Waals surface area contributed by atoms with Crippen molar-refractivity contribution in [2.24, 2.45) is 0 Å². The minimum absolute atomic E-state index is 0.107. The van der Waals surface area contributed by atoms with Crippen molar-refractivity contribution in [3.05, 3.63) is 29.8 Å². The van der Waals surface area contributed by atoms with Crippen LogP contribution < -0.4 is 20.6 Å². The monoisotopic (exact) mass is 448 g/mol. The first-order chi connectivity index (χ1) is 15.1. The van der Waals surface area contributed by atoms with E-state index in [1.165, 1.54) is 4.90 Å². The van der Waals surface area contributed by atoms with Crippen LogP contribution in [0.5, 0.6) is 0 Å². The van der Waals surface area contributed by atoms with Crippen LogP contribution in [0.3, 0.4) is 0 Å². The van der Waals surface area contributed by atoms with Crippen LogP contribution in [0.2, 0.25) is 0 Å². The lowest BCUT2D eigenvalue weighted by atomic mass is 10.0. The highest BCUT2D eigenvalue weighted by Gasteiger charge is 2.22. The summed E-state index contributed by atoms with van der Waals surface area (Å²) in [6, 6.07) is 6.25. The van der Waals surface area contributed by atoms with E-state index in [4.69, 9.17) is 0 Å². The lowest BCUT2D eigenvalue weighted by Gasteiger charge is -2.36. The molecule has 0 aliphatic rings. The standard InChI is InChI=1S/C22H33N3O7/c1-3-5-19(26)23-17-8-6-16(7-9-17)11-18(12-24(10-4-2)13-20(27)28)25(14-21(29)30)15-22(31)32/h6-9,18H,3-5,10-15H2,1-2H3,(H,23,26)(H,27,28)(H,29,30)(H,31,32)/p-3. The molecule has 0 aliphatic heterocycles. The van der Waals surface area contributed by atoms with Gasteiger partial charge in [-0.2, -0.15) is 0 Å². The van der Waals surface area contributed by atoms with E-state index in [9.17, 15) is 34.5 Å². The molecule has 10 nitrogen and oxygen atoms in total. The zero-order chi connectivity index (χ0) is 24.1. The van der Waals surface area contributed by atoms with Gasteiger partial charge in [-0.05, 0) is 43.5 Å². The fourth-order valence-electron chi connectivity index (χ4n) is 3.43. The molecule has 0 aromatic heterocycles. The number of rotatable bonds is 16. The molecule has 32 heavy (non-hydrogen) atoms. The minimum Gasteiger partial charge on any atom is -0.549 e. The third kappa shape index (κ3) is 10.9. The summed E-state index contributed by atoms with van der Waals surface area (Å²) in [5, 5.41) is 36.3. The number of anilines is 1. The number of aliphatic carboxylic acids is 3. The molecule has 0 saturated carbocycles. The number of amides is 1. The van der Waals surface area contributed by atoms with Crippen molar-refractivity contribution in [3.63, 3.8) is 0 Å². The van der Waals surface area contributed by atoms with Crippen molar-refractivity contribution in [2.45, 2.75) is 45.6 Å². The number of benzene rings is 1. The van der Waals surface area contributed by atoms with E-state index in [0.717, 1.165) is 12.0 Å². The average molecular weight is 448 g/mol. The summed E-state index contributed by atoms with van der Waals surface area (Å²) in [6.45, 7) is 2.63. The summed E-state index contributed by atoms with van der Waals surface area (Å²) < 4.78 is 0. The Morgan fingerprint density at radius 3 is 1.91 bits per heavy atom. The molecule has 178 valence electrons. The summed E-state index contributed by atoms with van der Waals surface area (Å²) in [5.41, 5.74) is 1.37. The Morgan fingerprint density at radius 2 is 1.44 bits per heavy atom. The third-order valence-electron chi connectivity index (χ3n) is 4.73. The van der Waals surface area contributed by atoms with Gasteiger partial charge in [0.1, 0.15) is 0 Å². The molecule has 0 saturated heterocycles. The van der Waals surface area contributed by atoms with Crippen molar-refractivity contribution in [3.8, 4) is 0 Å². The van der Waals surface area contributed by atoms with Crippen LogP contribution in [-0.4, -0.2) is 72.4 Å². The molecule has 1 atom stereocenters. The molecule has 1 N–H and O–H groups in total. The van der Waals surface area contributed by atoms with E-state index >= 15 is 0 Å². The highest BCUT2D eigenvalue weighted by Crippen LogP contribution is 2.15. The summed E-state index contributed by atoms with van der Waals surface area (Å²) in [6.07, 6.45) is 2.01. The van der Waals surface area contributed by atoms with Crippen molar-refractivity contribution in [2.75, 3.05) is 38.0 Å². The van der Waals surface area contributed by atoms with Gasteiger partial charge in [-0.1, -0.05) is 26.0 Å². The first kappa shape index (κ1) is 27.1. The predicted octanol–water partition coefficient (Wildman–Crippen LogP) is -2.40. The smallest absolute Gasteiger partial charge is 0.224 e. The second kappa shape index (κ2) is 14.2. The molecule has 0 aliphatic carbocycles. The Hall–Kier alpha value is -2.98. The van der Waals surface area contributed by atoms with Gasteiger partial charge >= 0.3 is 0 Å². The van der Waals surface area contributed by atoms with Gasteiger partial charge in [0.05, 0.1) is 17.9 Å². The maximum absolute atomic E-state index is 11.7. The maximum Gasteiger partial charge on any atom is 0.224 e. The van der Waals surface area contributed by atoms with Crippen LogP contribution >= 0.6 is 0 Å². The van der Waals surface area contributed by atoms with Gasteiger partial charge in [0, 0.05) is 44.3 Å².